The molecule has 94 valence electrons. The number of nitrogens with two attached hydrogens (primary N) is 1. The van der Waals surface area contributed by atoms with Crippen LogP contribution in [0.25, 0.3) is 0 Å². The van der Waals surface area contributed by atoms with Crippen LogP contribution in [0.5, 0.6) is 0 Å². The van der Waals surface area contributed by atoms with Crippen molar-refractivity contribution in [2.24, 2.45) is 11.7 Å². The average molecular weight is 299 g/mol. The lowest BCUT2D eigenvalue weighted by Gasteiger charge is -2.17. The van der Waals surface area contributed by atoms with Crippen molar-refractivity contribution >= 4 is 21.8 Å². The van der Waals surface area contributed by atoms with Gasteiger partial charge in [-0.15, -0.1) is 0 Å². The second-order valence-corrected chi connectivity index (χ2v) is 5.07. The molecule has 0 saturated carbocycles. The molecule has 0 aromatic heterocycles. The topological polar surface area (TPSA) is 55.1 Å². The first-order valence-electron chi connectivity index (χ1n) is 5.83. The van der Waals surface area contributed by atoms with Gasteiger partial charge in [0.25, 0.3) is 0 Å². The summed E-state index contributed by atoms with van der Waals surface area (Å²) in [4.78, 5) is 11.8. The highest BCUT2D eigenvalue weighted by Gasteiger charge is 2.18. The van der Waals surface area contributed by atoms with Crippen molar-refractivity contribution in [3.8, 4) is 0 Å². The van der Waals surface area contributed by atoms with E-state index < -0.39 is 6.04 Å². The largest absolute Gasteiger partial charge is 0.351 e. The van der Waals surface area contributed by atoms with Crippen molar-refractivity contribution < 1.29 is 4.79 Å². The average Bonchev–Trinajstić information content (AvgIpc) is 2.35. The van der Waals surface area contributed by atoms with Gasteiger partial charge in [0.05, 0.1) is 6.04 Å². The monoisotopic (exact) mass is 298 g/mol. The number of carbonyl (C=O) groups is 1. The first kappa shape index (κ1) is 14.2. The molecule has 3 N–H and O–H groups in total. The van der Waals surface area contributed by atoms with Crippen molar-refractivity contribution in [2.75, 3.05) is 0 Å². The third kappa shape index (κ3) is 4.13. The fraction of sp³-hybridized carbons (Fsp3) is 0.462. The van der Waals surface area contributed by atoms with Gasteiger partial charge in [-0.25, -0.2) is 0 Å². The SMILES string of the molecule is CCC(C)C(N)C(=O)NCc1ccccc1Br. The molecule has 1 rings (SSSR count). The first-order chi connectivity index (χ1) is 8.06. The molecule has 0 radical (unpaired) electrons. The number of nitrogens with one attached hydrogen (secondary N) is 1. The fourth-order valence-electron chi connectivity index (χ4n) is 1.45. The molecule has 1 amide bonds. The highest BCUT2D eigenvalue weighted by atomic mass is 79.9. The minimum Gasteiger partial charge on any atom is -0.351 e. The molecule has 2 atom stereocenters. The molecule has 0 saturated heterocycles. The summed E-state index contributed by atoms with van der Waals surface area (Å²) in [5.74, 6) is 0.115. The quantitative estimate of drug-likeness (QED) is 0.877. The first-order valence-corrected chi connectivity index (χ1v) is 6.62. The zero-order valence-corrected chi connectivity index (χ0v) is 11.8. The summed E-state index contributed by atoms with van der Waals surface area (Å²) in [6.07, 6.45) is 0.906. The highest BCUT2D eigenvalue weighted by molar-refractivity contribution is 9.10. The number of halogens is 1. The van der Waals surface area contributed by atoms with E-state index in [2.05, 4.69) is 21.2 Å². The smallest absolute Gasteiger partial charge is 0.237 e. The molecule has 1 aromatic rings. The predicted octanol–water partition coefficient (Wildman–Crippen LogP) is 2.44. The van der Waals surface area contributed by atoms with Crippen LogP contribution in [-0.4, -0.2) is 11.9 Å². The van der Waals surface area contributed by atoms with Crippen LogP contribution in [0, 0.1) is 5.92 Å². The lowest BCUT2D eigenvalue weighted by molar-refractivity contribution is -0.123. The van der Waals surface area contributed by atoms with Crippen molar-refractivity contribution in [1.29, 1.82) is 0 Å². The van der Waals surface area contributed by atoms with E-state index in [1.165, 1.54) is 0 Å². The van der Waals surface area contributed by atoms with Crippen LogP contribution in [0.4, 0.5) is 0 Å². The van der Waals surface area contributed by atoms with Gasteiger partial charge in [-0.05, 0) is 17.5 Å². The Morgan fingerprint density at radius 3 is 2.71 bits per heavy atom. The van der Waals surface area contributed by atoms with E-state index in [1.807, 2.05) is 38.1 Å². The number of hydrogen-bond donors (Lipinski definition) is 2. The fourth-order valence-corrected chi connectivity index (χ4v) is 1.88. The van der Waals surface area contributed by atoms with Gasteiger partial charge in [0.15, 0.2) is 0 Å². The third-order valence-electron chi connectivity index (χ3n) is 2.97. The summed E-state index contributed by atoms with van der Waals surface area (Å²) in [6, 6.07) is 7.39. The Bertz CT molecular complexity index is 381. The van der Waals surface area contributed by atoms with Gasteiger partial charge in [0, 0.05) is 11.0 Å². The van der Waals surface area contributed by atoms with Gasteiger partial charge in [-0.1, -0.05) is 54.4 Å². The van der Waals surface area contributed by atoms with Gasteiger partial charge in [-0.2, -0.15) is 0 Å². The van der Waals surface area contributed by atoms with Crippen LogP contribution in [-0.2, 0) is 11.3 Å². The molecule has 2 unspecified atom stereocenters. The zero-order chi connectivity index (χ0) is 12.8. The molecule has 0 spiro atoms. The number of carbonyl (C=O) groups excluding carboxylic acids is 1. The molecular formula is C13H19BrN2O. The summed E-state index contributed by atoms with van der Waals surface area (Å²) < 4.78 is 0.998. The van der Waals surface area contributed by atoms with Crippen molar-refractivity contribution in [1.82, 2.24) is 5.32 Å². The Morgan fingerprint density at radius 2 is 2.12 bits per heavy atom. The molecule has 0 aliphatic heterocycles. The Kier molecular flexibility index (Phi) is 5.65. The maximum atomic E-state index is 11.8. The third-order valence-corrected chi connectivity index (χ3v) is 3.74. The van der Waals surface area contributed by atoms with Crippen LogP contribution in [0.15, 0.2) is 28.7 Å². The summed E-state index contributed by atoms with van der Waals surface area (Å²) in [5.41, 5.74) is 6.90. The number of rotatable bonds is 5. The van der Waals surface area contributed by atoms with Crippen LogP contribution in [0.2, 0.25) is 0 Å². The molecule has 0 fully saturated rings. The van der Waals surface area contributed by atoms with Crippen molar-refractivity contribution in [3.05, 3.63) is 34.3 Å². The van der Waals surface area contributed by atoms with Crippen LogP contribution < -0.4 is 11.1 Å². The summed E-state index contributed by atoms with van der Waals surface area (Å²) >= 11 is 3.44. The second kappa shape index (κ2) is 6.77. The molecule has 0 bridgehead atoms. The second-order valence-electron chi connectivity index (χ2n) is 4.22. The zero-order valence-electron chi connectivity index (χ0n) is 10.2. The van der Waals surface area contributed by atoms with E-state index in [9.17, 15) is 4.79 Å². The van der Waals surface area contributed by atoms with Gasteiger partial charge >= 0.3 is 0 Å². The van der Waals surface area contributed by atoms with E-state index in [4.69, 9.17) is 5.73 Å². The van der Waals surface area contributed by atoms with Crippen LogP contribution >= 0.6 is 15.9 Å². The molecular weight excluding hydrogens is 280 g/mol. The standard InChI is InChI=1S/C13H19BrN2O/c1-3-9(2)12(15)13(17)16-8-10-6-4-5-7-11(10)14/h4-7,9,12H,3,8,15H2,1-2H3,(H,16,17). The Labute approximate surface area is 111 Å². The highest BCUT2D eigenvalue weighted by Crippen LogP contribution is 2.15. The van der Waals surface area contributed by atoms with Crippen molar-refractivity contribution in [2.45, 2.75) is 32.9 Å². The Morgan fingerprint density at radius 1 is 1.47 bits per heavy atom. The minimum atomic E-state index is -0.428. The molecule has 0 heterocycles. The normalized spacial score (nSPS) is 14.1. The predicted molar refractivity (Wildman–Crippen MR) is 73.4 cm³/mol. The molecule has 3 nitrogen and oxygen atoms in total. The van der Waals surface area contributed by atoms with Gasteiger partial charge < -0.3 is 11.1 Å². The Hall–Kier alpha value is -0.870. The number of hydrogen-bond acceptors (Lipinski definition) is 2. The molecule has 4 heteroatoms. The summed E-state index contributed by atoms with van der Waals surface area (Å²) in [6.45, 7) is 4.53. The summed E-state index contributed by atoms with van der Waals surface area (Å²) in [5, 5.41) is 2.86. The van der Waals surface area contributed by atoms with Crippen LogP contribution in [0.3, 0.4) is 0 Å². The molecule has 0 aliphatic rings. The Balaban J connectivity index is 2.51. The van der Waals surface area contributed by atoms with E-state index in [0.717, 1.165) is 16.5 Å². The van der Waals surface area contributed by atoms with E-state index in [0.29, 0.717) is 6.54 Å². The van der Waals surface area contributed by atoms with Crippen LogP contribution in [0.1, 0.15) is 25.8 Å². The van der Waals surface area contributed by atoms with E-state index >= 15 is 0 Å². The van der Waals surface area contributed by atoms with Gasteiger partial charge in [-0.3, -0.25) is 4.79 Å². The van der Waals surface area contributed by atoms with E-state index in [1.54, 1.807) is 0 Å². The number of amides is 1. The van der Waals surface area contributed by atoms with Gasteiger partial charge in [0.2, 0.25) is 5.91 Å². The number of benzene rings is 1. The van der Waals surface area contributed by atoms with Gasteiger partial charge in [0.1, 0.15) is 0 Å². The maximum Gasteiger partial charge on any atom is 0.237 e. The summed E-state index contributed by atoms with van der Waals surface area (Å²) in [7, 11) is 0. The molecule has 17 heavy (non-hydrogen) atoms. The lowest BCUT2D eigenvalue weighted by atomic mass is 9.99. The molecule has 1 aromatic carbocycles. The lowest BCUT2D eigenvalue weighted by Crippen LogP contribution is -2.44. The maximum absolute atomic E-state index is 11.8. The minimum absolute atomic E-state index is 0.0879. The molecule has 0 aliphatic carbocycles. The van der Waals surface area contributed by atoms with Crippen molar-refractivity contribution in [3.63, 3.8) is 0 Å². The van der Waals surface area contributed by atoms with E-state index in [-0.39, 0.29) is 11.8 Å².